The van der Waals surface area contributed by atoms with Crippen molar-refractivity contribution in [2.75, 3.05) is 26.3 Å². The molecule has 0 radical (unpaired) electrons. The van der Waals surface area contributed by atoms with Crippen molar-refractivity contribution in [3.8, 4) is 5.75 Å². The van der Waals surface area contributed by atoms with E-state index in [4.69, 9.17) is 15.2 Å². The molecule has 0 bridgehead atoms. The summed E-state index contributed by atoms with van der Waals surface area (Å²) in [5.41, 5.74) is 6.52. The van der Waals surface area contributed by atoms with E-state index in [0.717, 1.165) is 0 Å². The van der Waals surface area contributed by atoms with Crippen LogP contribution in [0.4, 0.5) is 4.39 Å². The molecule has 1 unspecified atom stereocenters. The zero-order valence-electron chi connectivity index (χ0n) is 12.3. The first kappa shape index (κ1) is 15.7. The zero-order chi connectivity index (χ0) is 15.4. The fourth-order valence-corrected chi connectivity index (χ4v) is 2.27. The lowest BCUT2D eigenvalue weighted by Gasteiger charge is -2.29. The summed E-state index contributed by atoms with van der Waals surface area (Å²) in [7, 11) is 0. The maximum atomic E-state index is 13.4. The molecule has 1 amide bonds. The van der Waals surface area contributed by atoms with Crippen LogP contribution < -0.4 is 10.5 Å². The summed E-state index contributed by atoms with van der Waals surface area (Å²) in [6.07, 6.45) is -0.692. The van der Waals surface area contributed by atoms with Crippen LogP contribution in [0.25, 0.3) is 0 Å². The lowest BCUT2D eigenvalue weighted by atomic mass is 10.1. The Labute approximate surface area is 123 Å². The van der Waals surface area contributed by atoms with Gasteiger partial charge in [0, 0.05) is 30.8 Å². The second-order valence-corrected chi connectivity index (χ2v) is 5.17. The number of benzene rings is 1. The number of amides is 1. The number of morpholine rings is 1. The smallest absolute Gasteiger partial charge is 0.263 e. The lowest BCUT2D eigenvalue weighted by molar-refractivity contribution is -0.142. The Hall–Kier alpha value is -1.66. The number of nitrogens with zero attached hydrogens (tertiary/aromatic N) is 1. The fourth-order valence-electron chi connectivity index (χ4n) is 2.27. The largest absolute Gasteiger partial charge is 0.480 e. The highest BCUT2D eigenvalue weighted by Gasteiger charge is 2.24. The fraction of sp³-hybridized carbons (Fsp3) is 0.533. The number of hydrogen-bond acceptors (Lipinski definition) is 4. The number of rotatable bonds is 4. The Morgan fingerprint density at radius 3 is 2.67 bits per heavy atom. The van der Waals surface area contributed by atoms with Crippen LogP contribution in [0.3, 0.4) is 0 Å². The Kier molecular flexibility index (Phi) is 5.14. The van der Waals surface area contributed by atoms with E-state index in [2.05, 4.69) is 0 Å². The minimum atomic E-state index is -0.692. The molecule has 1 saturated heterocycles. The van der Waals surface area contributed by atoms with Crippen molar-refractivity contribution in [3.63, 3.8) is 0 Å². The van der Waals surface area contributed by atoms with E-state index in [1.807, 2.05) is 0 Å². The molecule has 1 fully saturated rings. The van der Waals surface area contributed by atoms with Crippen LogP contribution in [0.15, 0.2) is 18.2 Å². The van der Waals surface area contributed by atoms with Gasteiger partial charge in [-0.15, -0.1) is 0 Å². The molecule has 21 heavy (non-hydrogen) atoms. The van der Waals surface area contributed by atoms with E-state index < -0.39 is 11.9 Å². The predicted octanol–water partition coefficient (Wildman–Crippen LogP) is 1.47. The summed E-state index contributed by atoms with van der Waals surface area (Å²) in [5.74, 6) is -0.224. The summed E-state index contributed by atoms with van der Waals surface area (Å²) in [6.45, 7) is 5.61. The Morgan fingerprint density at radius 2 is 2.05 bits per heavy atom. The van der Waals surface area contributed by atoms with E-state index in [1.165, 1.54) is 12.1 Å². The van der Waals surface area contributed by atoms with Crippen LogP contribution in [0.5, 0.6) is 5.75 Å². The molecular weight excluding hydrogens is 275 g/mol. The van der Waals surface area contributed by atoms with Gasteiger partial charge in [0.25, 0.3) is 5.91 Å². The van der Waals surface area contributed by atoms with Crippen LogP contribution in [-0.2, 0) is 9.53 Å². The molecule has 2 N–H and O–H groups in total. The summed E-state index contributed by atoms with van der Waals surface area (Å²) < 4.78 is 24.2. The number of hydrogen-bond donors (Lipinski definition) is 1. The van der Waals surface area contributed by atoms with Crippen LogP contribution in [0.1, 0.15) is 25.5 Å². The maximum Gasteiger partial charge on any atom is 0.263 e. The van der Waals surface area contributed by atoms with Crippen LogP contribution in [0, 0.1) is 5.82 Å². The maximum absolute atomic E-state index is 13.4. The predicted molar refractivity (Wildman–Crippen MR) is 76.5 cm³/mol. The monoisotopic (exact) mass is 296 g/mol. The molecule has 116 valence electrons. The first-order valence-electron chi connectivity index (χ1n) is 7.07. The molecule has 2 rings (SSSR count). The van der Waals surface area contributed by atoms with Crippen molar-refractivity contribution in [2.45, 2.75) is 26.0 Å². The molecule has 0 aliphatic carbocycles. The molecule has 1 aromatic carbocycles. The highest BCUT2D eigenvalue weighted by Crippen LogP contribution is 2.26. The standard InChI is InChI=1S/C15H21FN2O3/c1-10(17)13-4-3-12(16)9-14(13)21-11(2)15(19)18-5-7-20-8-6-18/h3-4,9-11H,5-8,17H2,1-2H3/t10-,11?/m1/s1. The molecule has 0 aromatic heterocycles. The highest BCUT2D eigenvalue weighted by atomic mass is 19.1. The minimum absolute atomic E-state index is 0.127. The van der Waals surface area contributed by atoms with E-state index >= 15 is 0 Å². The number of ether oxygens (including phenoxy) is 2. The highest BCUT2D eigenvalue weighted by molar-refractivity contribution is 5.81. The van der Waals surface area contributed by atoms with Crippen molar-refractivity contribution in [2.24, 2.45) is 5.73 Å². The second-order valence-electron chi connectivity index (χ2n) is 5.17. The lowest BCUT2D eigenvalue weighted by Crippen LogP contribution is -2.46. The van der Waals surface area contributed by atoms with Gasteiger partial charge in [0.05, 0.1) is 13.2 Å². The van der Waals surface area contributed by atoms with Crippen LogP contribution >= 0.6 is 0 Å². The van der Waals surface area contributed by atoms with Crippen molar-refractivity contribution < 1.29 is 18.7 Å². The number of nitrogens with two attached hydrogens (primary N) is 1. The number of carbonyl (C=O) groups is 1. The van der Waals surface area contributed by atoms with Gasteiger partial charge in [0.1, 0.15) is 11.6 Å². The molecule has 1 aliphatic heterocycles. The van der Waals surface area contributed by atoms with Crippen molar-refractivity contribution in [1.82, 2.24) is 4.90 Å². The summed E-state index contributed by atoms with van der Waals surface area (Å²) in [4.78, 5) is 14.0. The Morgan fingerprint density at radius 1 is 1.38 bits per heavy atom. The first-order chi connectivity index (χ1) is 9.99. The summed E-state index contributed by atoms with van der Waals surface area (Å²) in [5, 5.41) is 0. The van der Waals surface area contributed by atoms with Gasteiger partial charge in [-0.25, -0.2) is 4.39 Å². The zero-order valence-corrected chi connectivity index (χ0v) is 12.3. The van der Waals surface area contributed by atoms with Crippen molar-refractivity contribution in [3.05, 3.63) is 29.6 Å². The molecule has 1 heterocycles. The first-order valence-corrected chi connectivity index (χ1v) is 7.07. The second kappa shape index (κ2) is 6.87. The van der Waals surface area contributed by atoms with Gasteiger partial charge in [-0.3, -0.25) is 4.79 Å². The van der Waals surface area contributed by atoms with Gasteiger partial charge in [-0.05, 0) is 19.9 Å². The topological polar surface area (TPSA) is 64.8 Å². The normalized spacial score (nSPS) is 18.2. The SMILES string of the molecule is CC(Oc1cc(F)ccc1[C@@H](C)N)C(=O)N1CCOCC1. The molecule has 5 nitrogen and oxygen atoms in total. The number of halogens is 1. The molecular formula is C15H21FN2O3. The van der Waals surface area contributed by atoms with Crippen LogP contribution in [0.2, 0.25) is 0 Å². The van der Waals surface area contributed by atoms with Gasteiger partial charge in [-0.2, -0.15) is 0 Å². The van der Waals surface area contributed by atoms with Crippen molar-refractivity contribution >= 4 is 5.91 Å². The summed E-state index contributed by atoms with van der Waals surface area (Å²) in [6, 6.07) is 3.88. The third-order valence-electron chi connectivity index (χ3n) is 3.44. The van der Waals surface area contributed by atoms with E-state index in [-0.39, 0.29) is 11.9 Å². The summed E-state index contributed by atoms with van der Waals surface area (Å²) >= 11 is 0. The van der Waals surface area contributed by atoms with E-state index in [9.17, 15) is 9.18 Å². The molecule has 6 heteroatoms. The van der Waals surface area contributed by atoms with Gasteiger partial charge in [0.15, 0.2) is 6.10 Å². The third kappa shape index (κ3) is 3.92. The van der Waals surface area contributed by atoms with Gasteiger partial charge in [-0.1, -0.05) is 6.07 Å². The van der Waals surface area contributed by atoms with Crippen molar-refractivity contribution in [1.29, 1.82) is 0 Å². The Bertz CT molecular complexity index is 502. The minimum Gasteiger partial charge on any atom is -0.480 e. The average molecular weight is 296 g/mol. The van der Waals surface area contributed by atoms with E-state index in [1.54, 1.807) is 24.8 Å². The molecule has 1 aliphatic rings. The number of carbonyl (C=O) groups excluding carboxylic acids is 1. The third-order valence-corrected chi connectivity index (χ3v) is 3.44. The molecule has 2 atom stereocenters. The molecule has 1 aromatic rings. The van der Waals surface area contributed by atoms with E-state index in [0.29, 0.717) is 37.6 Å². The quantitative estimate of drug-likeness (QED) is 0.914. The average Bonchev–Trinajstić information content (AvgIpc) is 2.47. The van der Waals surface area contributed by atoms with Gasteiger partial charge < -0.3 is 20.1 Å². The Balaban J connectivity index is 2.09. The molecule has 0 spiro atoms. The molecule has 0 saturated carbocycles. The van der Waals surface area contributed by atoms with Gasteiger partial charge in [0.2, 0.25) is 0 Å². The van der Waals surface area contributed by atoms with Gasteiger partial charge >= 0.3 is 0 Å². The van der Waals surface area contributed by atoms with Crippen LogP contribution in [-0.4, -0.2) is 43.2 Å².